The molecular weight excluding hydrogens is 485 g/mol. The van der Waals surface area contributed by atoms with Crippen LogP contribution in [0.15, 0.2) is 55.9 Å². The van der Waals surface area contributed by atoms with E-state index in [2.05, 4.69) is 38.4 Å². The van der Waals surface area contributed by atoms with E-state index in [-0.39, 0.29) is 23.3 Å². The van der Waals surface area contributed by atoms with Gasteiger partial charge in [-0.15, -0.1) is 0 Å². The lowest BCUT2D eigenvalue weighted by Gasteiger charge is -2.16. The first-order valence-electron chi connectivity index (χ1n) is 11.9. The van der Waals surface area contributed by atoms with Crippen LogP contribution in [0.1, 0.15) is 23.7 Å². The minimum atomic E-state index is -0.459. The van der Waals surface area contributed by atoms with Crippen LogP contribution in [-0.4, -0.2) is 58.2 Å². The fourth-order valence-corrected chi connectivity index (χ4v) is 4.83. The molecule has 11 heteroatoms. The maximum atomic E-state index is 14.9. The van der Waals surface area contributed by atoms with E-state index in [1.165, 1.54) is 18.5 Å². The summed E-state index contributed by atoms with van der Waals surface area (Å²) in [5, 5.41) is 5.37. The summed E-state index contributed by atoms with van der Waals surface area (Å²) < 4.78 is 18.5. The van der Waals surface area contributed by atoms with E-state index in [1.54, 1.807) is 47.4 Å². The molecule has 1 aromatic carbocycles. The number of aryl methyl sites for hydroxylation is 1. The molecule has 1 aliphatic rings. The molecule has 0 radical (unpaired) electrons. The third-order valence-electron chi connectivity index (χ3n) is 6.74. The average molecular weight is 508 g/mol. The van der Waals surface area contributed by atoms with Gasteiger partial charge in [-0.05, 0) is 30.6 Å². The second-order valence-corrected chi connectivity index (χ2v) is 9.03. The van der Waals surface area contributed by atoms with Crippen LogP contribution in [0.4, 0.5) is 10.2 Å². The molecule has 6 rings (SSSR count). The standard InChI is InChI=1S/C27H22FN9O/c1-3-24(38)36-9-7-17(13-36)37-26-18(20-6-8-30-14-32-20)12-31-27(29)25(26)21(34-37)5-4-16-10-22-23(11-19(16)28)35(2)15-33-22/h3,6,8,10-12,14-15,17H,1,7,9,13H2,2H3,(H2,29,31)/t17-/m0/s1. The topological polar surface area (TPSA) is 121 Å². The Kier molecular flexibility index (Phi) is 5.57. The van der Waals surface area contributed by atoms with Gasteiger partial charge in [-0.25, -0.2) is 24.3 Å². The predicted molar refractivity (Wildman–Crippen MR) is 140 cm³/mol. The molecule has 1 atom stereocenters. The highest BCUT2D eigenvalue weighted by Crippen LogP contribution is 2.35. The average Bonchev–Trinajstić information content (AvgIpc) is 3.66. The molecule has 1 amide bonds. The number of likely N-dealkylation sites (tertiary alicyclic amines) is 1. The second kappa shape index (κ2) is 9.08. The maximum Gasteiger partial charge on any atom is 0.246 e. The van der Waals surface area contributed by atoms with Crippen molar-refractivity contribution in [3.05, 3.63) is 73.0 Å². The smallest absolute Gasteiger partial charge is 0.246 e. The number of nitrogens with two attached hydrogens (primary N) is 1. The Morgan fingerprint density at radius 2 is 2.13 bits per heavy atom. The van der Waals surface area contributed by atoms with Crippen molar-refractivity contribution in [3.8, 4) is 23.1 Å². The van der Waals surface area contributed by atoms with Crippen LogP contribution in [0.5, 0.6) is 0 Å². The first kappa shape index (κ1) is 23.3. The Morgan fingerprint density at radius 3 is 2.92 bits per heavy atom. The van der Waals surface area contributed by atoms with Crippen molar-refractivity contribution < 1.29 is 9.18 Å². The molecule has 1 aliphatic heterocycles. The largest absolute Gasteiger partial charge is 0.383 e. The summed E-state index contributed by atoms with van der Waals surface area (Å²) >= 11 is 0. The van der Waals surface area contributed by atoms with Gasteiger partial charge >= 0.3 is 0 Å². The maximum absolute atomic E-state index is 14.9. The van der Waals surface area contributed by atoms with Gasteiger partial charge in [0.1, 0.15) is 23.7 Å². The highest BCUT2D eigenvalue weighted by atomic mass is 19.1. The minimum absolute atomic E-state index is 0.137. The van der Waals surface area contributed by atoms with Gasteiger partial charge in [-0.2, -0.15) is 5.10 Å². The van der Waals surface area contributed by atoms with Gasteiger partial charge in [0.05, 0.1) is 45.6 Å². The van der Waals surface area contributed by atoms with Crippen molar-refractivity contribution >= 4 is 33.7 Å². The van der Waals surface area contributed by atoms with Crippen LogP contribution in [0.3, 0.4) is 0 Å². The summed E-state index contributed by atoms with van der Waals surface area (Å²) in [6, 6.07) is 4.66. The molecule has 4 aromatic heterocycles. The number of carbonyl (C=O) groups is 1. The van der Waals surface area contributed by atoms with Crippen molar-refractivity contribution in [1.82, 2.24) is 39.2 Å². The number of amides is 1. The summed E-state index contributed by atoms with van der Waals surface area (Å²) in [6.45, 7) is 4.61. The molecule has 0 bridgehead atoms. The Morgan fingerprint density at radius 1 is 1.26 bits per heavy atom. The molecular formula is C27H22FN9O. The summed E-state index contributed by atoms with van der Waals surface area (Å²) in [6.07, 6.45) is 8.35. The monoisotopic (exact) mass is 507 g/mol. The second-order valence-electron chi connectivity index (χ2n) is 9.03. The van der Waals surface area contributed by atoms with Crippen LogP contribution >= 0.6 is 0 Å². The van der Waals surface area contributed by atoms with Crippen LogP contribution in [0.25, 0.3) is 33.2 Å². The van der Waals surface area contributed by atoms with E-state index in [4.69, 9.17) is 10.8 Å². The third kappa shape index (κ3) is 3.83. The van der Waals surface area contributed by atoms with E-state index < -0.39 is 5.82 Å². The first-order chi connectivity index (χ1) is 18.4. The van der Waals surface area contributed by atoms with Crippen LogP contribution in [0, 0.1) is 17.7 Å². The Bertz CT molecular complexity index is 1800. The summed E-state index contributed by atoms with van der Waals surface area (Å²) in [4.78, 5) is 31.1. The quantitative estimate of drug-likeness (QED) is 0.294. The highest BCUT2D eigenvalue weighted by Gasteiger charge is 2.30. The molecule has 1 fully saturated rings. The zero-order valence-corrected chi connectivity index (χ0v) is 20.5. The number of halogens is 1. The van der Waals surface area contributed by atoms with E-state index in [0.717, 1.165) is 0 Å². The first-order valence-corrected chi connectivity index (χ1v) is 11.9. The fraction of sp³-hybridized carbons (Fsp3) is 0.185. The lowest BCUT2D eigenvalue weighted by atomic mass is 10.1. The number of rotatable bonds is 3. The Hall–Kier alpha value is -5.11. The van der Waals surface area contributed by atoms with Crippen molar-refractivity contribution in [2.75, 3.05) is 18.8 Å². The molecule has 0 spiro atoms. The van der Waals surface area contributed by atoms with Gasteiger partial charge in [0, 0.05) is 44.2 Å². The van der Waals surface area contributed by atoms with Gasteiger partial charge in [-0.3, -0.25) is 9.48 Å². The summed E-state index contributed by atoms with van der Waals surface area (Å²) in [5.74, 6) is 5.58. The zero-order valence-electron chi connectivity index (χ0n) is 20.5. The lowest BCUT2D eigenvalue weighted by molar-refractivity contribution is -0.125. The molecule has 0 aliphatic carbocycles. The molecule has 1 saturated heterocycles. The molecule has 38 heavy (non-hydrogen) atoms. The van der Waals surface area contributed by atoms with E-state index in [0.29, 0.717) is 58.4 Å². The van der Waals surface area contributed by atoms with Crippen LogP contribution < -0.4 is 5.73 Å². The zero-order chi connectivity index (χ0) is 26.4. The summed E-state index contributed by atoms with van der Waals surface area (Å²) in [7, 11) is 1.80. The number of hydrogen-bond acceptors (Lipinski definition) is 7. The Balaban J connectivity index is 1.53. The number of anilines is 1. The molecule has 10 nitrogen and oxygen atoms in total. The molecule has 5 heterocycles. The SMILES string of the molecule is C=CC(=O)N1CC[C@H](n2nc(C#Cc3cc4ncn(C)c4cc3F)c3c(N)ncc(-c4ccncn4)c32)C1. The predicted octanol–water partition coefficient (Wildman–Crippen LogP) is 2.86. The number of pyridine rings is 1. The highest BCUT2D eigenvalue weighted by molar-refractivity contribution is 6.01. The molecule has 5 aromatic rings. The Labute approximate surface area is 216 Å². The third-order valence-corrected chi connectivity index (χ3v) is 6.74. The van der Waals surface area contributed by atoms with Gasteiger partial charge in [0.15, 0.2) is 0 Å². The van der Waals surface area contributed by atoms with Crippen LogP contribution in [0.2, 0.25) is 0 Å². The molecule has 0 unspecified atom stereocenters. The molecule has 188 valence electrons. The van der Waals surface area contributed by atoms with E-state index in [9.17, 15) is 9.18 Å². The fourth-order valence-electron chi connectivity index (χ4n) is 4.83. The number of fused-ring (bicyclic) bond motifs is 2. The van der Waals surface area contributed by atoms with Crippen molar-refractivity contribution in [1.29, 1.82) is 0 Å². The van der Waals surface area contributed by atoms with E-state index >= 15 is 0 Å². The number of imidazole rings is 1. The number of hydrogen-bond donors (Lipinski definition) is 1. The van der Waals surface area contributed by atoms with Gasteiger partial charge in [0.25, 0.3) is 0 Å². The van der Waals surface area contributed by atoms with E-state index in [1.807, 2.05) is 4.68 Å². The number of carbonyl (C=O) groups excluding carboxylic acids is 1. The van der Waals surface area contributed by atoms with Crippen LogP contribution in [-0.2, 0) is 11.8 Å². The van der Waals surface area contributed by atoms with Crippen molar-refractivity contribution in [3.63, 3.8) is 0 Å². The molecule has 2 N–H and O–H groups in total. The lowest BCUT2D eigenvalue weighted by Crippen LogP contribution is -2.27. The molecule has 0 saturated carbocycles. The van der Waals surface area contributed by atoms with Gasteiger partial charge < -0.3 is 15.2 Å². The number of nitrogen functional groups attached to an aromatic ring is 1. The number of nitrogens with zero attached hydrogens (tertiary/aromatic N) is 8. The van der Waals surface area contributed by atoms with Crippen molar-refractivity contribution in [2.24, 2.45) is 7.05 Å². The van der Waals surface area contributed by atoms with Gasteiger partial charge in [0.2, 0.25) is 5.91 Å². The van der Waals surface area contributed by atoms with Crippen molar-refractivity contribution in [2.45, 2.75) is 12.5 Å². The number of benzene rings is 1. The normalized spacial score (nSPS) is 15.1. The minimum Gasteiger partial charge on any atom is -0.383 e. The number of aromatic nitrogens is 7. The summed E-state index contributed by atoms with van der Waals surface area (Å²) in [5.41, 5.74) is 10.3. The van der Waals surface area contributed by atoms with Gasteiger partial charge in [-0.1, -0.05) is 12.5 Å².